The maximum atomic E-state index is 12.2. The van der Waals surface area contributed by atoms with Crippen molar-refractivity contribution < 1.29 is 18.0 Å². The summed E-state index contributed by atoms with van der Waals surface area (Å²) in [6.45, 7) is 0.651. The Kier molecular flexibility index (Phi) is 4.96. The van der Waals surface area contributed by atoms with Crippen molar-refractivity contribution in [3.63, 3.8) is 0 Å². The quantitative estimate of drug-likeness (QED) is 0.844. The smallest absolute Gasteiger partial charge is 0.352 e. The van der Waals surface area contributed by atoms with Crippen LogP contribution in [0.2, 0.25) is 0 Å². The average molecular weight is 303 g/mol. The molecule has 2 nitrogen and oxygen atoms in total. The van der Waals surface area contributed by atoms with E-state index in [1.807, 2.05) is 0 Å². The van der Waals surface area contributed by atoms with Crippen LogP contribution in [0.3, 0.4) is 0 Å². The first-order chi connectivity index (χ1) is 9.44. The summed E-state index contributed by atoms with van der Waals surface area (Å²) >= 11 is -0.177. The summed E-state index contributed by atoms with van der Waals surface area (Å²) in [7, 11) is 0. The van der Waals surface area contributed by atoms with Crippen LogP contribution in [0.5, 0.6) is 0 Å². The van der Waals surface area contributed by atoms with Crippen LogP contribution in [-0.2, 0) is 0 Å². The van der Waals surface area contributed by atoms with Crippen LogP contribution in [0.15, 0.2) is 29.2 Å². The Bertz CT molecular complexity index is 452. The first-order valence-corrected chi connectivity index (χ1v) is 7.40. The number of carbonyl (C=O) groups excluding carboxylic acids is 1. The Morgan fingerprint density at radius 2 is 1.80 bits per heavy atom. The number of hydrogen-bond acceptors (Lipinski definition) is 2. The van der Waals surface area contributed by atoms with E-state index in [2.05, 4.69) is 5.32 Å². The predicted octanol–water partition coefficient (Wildman–Crippen LogP) is 4.22. The number of hydrogen-bond donors (Lipinski definition) is 1. The van der Waals surface area contributed by atoms with Crippen LogP contribution in [0.25, 0.3) is 0 Å². The lowest BCUT2D eigenvalue weighted by atomic mass is 10.1. The largest absolute Gasteiger partial charge is 0.446 e. The third-order valence-corrected chi connectivity index (χ3v) is 4.12. The molecule has 0 bridgehead atoms. The van der Waals surface area contributed by atoms with E-state index in [1.165, 1.54) is 37.1 Å². The van der Waals surface area contributed by atoms with Gasteiger partial charge in [0.25, 0.3) is 5.91 Å². The van der Waals surface area contributed by atoms with Crippen molar-refractivity contribution >= 4 is 17.7 Å². The van der Waals surface area contributed by atoms with E-state index in [9.17, 15) is 18.0 Å². The van der Waals surface area contributed by atoms with Gasteiger partial charge in [0, 0.05) is 17.0 Å². The van der Waals surface area contributed by atoms with Crippen LogP contribution in [-0.4, -0.2) is 18.0 Å². The summed E-state index contributed by atoms with van der Waals surface area (Å²) in [4.78, 5) is 11.9. The lowest BCUT2D eigenvalue weighted by molar-refractivity contribution is -0.0328. The molecule has 1 N–H and O–H groups in total. The van der Waals surface area contributed by atoms with Gasteiger partial charge in [0.2, 0.25) is 0 Å². The molecular formula is C14H16F3NOS. The first kappa shape index (κ1) is 15.2. The number of benzene rings is 1. The highest BCUT2D eigenvalue weighted by Crippen LogP contribution is 2.36. The fourth-order valence-corrected chi connectivity index (χ4v) is 2.90. The highest BCUT2D eigenvalue weighted by Gasteiger charge is 2.29. The van der Waals surface area contributed by atoms with Gasteiger partial charge in [0.05, 0.1) is 0 Å². The third kappa shape index (κ3) is 4.74. The Morgan fingerprint density at radius 3 is 2.35 bits per heavy atom. The van der Waals surface area contributed by atoms with Gasteiger partial charge in [-0.1, -0.05) is 12.8 Å². The molecule has 1 saturated carbocycles. The molecule has 0 unspecified atom stereocenters. The van der Waals surface area contributed by atoms with Gasteiger partial charge in [-0.2, -0.15) is 13.2 Å². The third-order valence-electron chi connectivity index (χ3n) is 3.38. The SMILES string of the molecule is O=C(NCC1CCCC1)c1ccc(SC(F)(F)F)cc1. The lowest BCUT2D eigenvalue weighted by Crippen LogP contribution is -2.28. The number of rotatable bonds is 4. The van der Waals surface area contributed by atoms with Crippen LogP contribution < -0.4 is 5.32 Å². The molecule has 110 valence electrons. The zero-order valence-corrected chi connectivity index (χ0v) is 11.7. The standard InChI is InChI=1S/C14H16F3NOS/c15-14(16,17)20-12-7-5-11(6-8-12)13(19)18-9-10-3-1-2-4-10/h5-8,10H,1-4,9H2,(H,18,19). The van der Waals surface area contributed by atoms with Crippen molar-refractivity contribution in [2.75, 3.05) is 6.54 Å². The molecule has 0 aromatic heterocycles. The molecule has 2 rings (SSSR count). The second-order valence-corrected chi connectivity index (χ2v) is 6.07. The van der Waals surface area contributed by atoms with Crippen LogP contribution in [0, 0.1) is 5.92 Å². The Labute approximate surface area is 120 Å². The molecule has 1 fully saturated rings. The summed E-state index contributed by atoms with van der Waals surface area (Å²) in [6.07, 6.45) is 4.71. The number of nitrogens with one attached hydrogen (secondary N) is 1. The average Bonchev–Trinajstić information content (AvgIpc) is 2.88. The molecule has 1 amide bonds. The number of thioether (sulfide) groups is 1. The topological polar surface area (TPSA) is 29.1 Å². The van der Waals surface area contributed by atoms with E-state index in [0.29, 0.717) is 18.0 Å². The molecule has 0 atom stereocenters. The van der Waals surface area contributed by atoms with Crippen molar-refractivity contribution in [3.05, 3.63) is 29.8 Å². The van der Waals surface area contributed by atoms with Gasteiger partial charge >= 0.3 is 5.51 Å². The first-order valence-electron chi connectivity index (χ1n) is 6.58. The Balaban J connectivity index is 1.86. The fraction of sp³-hybridized carbons (Fsp3) is 0.500. The molecule has 20 heavy (non-hydrogen) atoms. The predicted molar refractivity (Wildman–Crippen MR) is 72.6 cm³/mol. The van der Waals surface area contributed by atoms with Crippen LogP contribution in [0.1, 0.15) is 36.0 Å². The summed E-state index contributed by atoms with van der Waals surface area (Å²) in [5.41, 5.74) is -3.90. The number of carbonyl (C=O) groups is 1. The molecule has 0 aliphatic heterocycles. The minimum absolute atomic E-state index is 0.0878. The summed E-state index contributed by atoms with van der Waals surface area (Å²) in [5, 5.41) is 2.84. The van der Waals surface area contributed by atoms with Crippen molar-refractivity contribution in [1.29, 1.82) is 0 Å². The summed E-state index contributed by atoms with van der Waals surface area (Å²) < 4.78 is 36.5. The number of alkyl halides is 3. The Hall–Kier alpha value is -1.17. The van der Waals surface area contributed by atoms with Crippen molar-refractivity contribution in [3.8, 4) is 0 Å². The second-order valence-electron chi connectivity index (χ2n) is 4.93. The normalized spacial score (nSPS) is 16.4. The number of halogens is 3. The van der Waals surface area contributed by atoms with Crippen molar-refractivity contribution in [1.82, 2.24) is 5.32 Å². The molecule has 0 spiro atoms. The second kappa shape index (κ2) is 6.52. The van der Waals surface area contributed by atoms with E-state index in [-0.39, 0.29) is 22.6 Å². The van der Waals surface area contributed by atoms with Crippen molar-refractivity contribution in [2.45, 2.75) is 36.1 Å². The molecule has 0 saturated heterocycles. The molecule has 1 aromatic carbocycles. The molecule has 0 radical (unpaired) electrons. The van der Waals surface area contributed by atoms with Gasteiger partial charge in [-0.05, 0) is 54.8 Å². The summed E-state index contributed by atoms with van der Waals surface area (Å²) in [6, 6.07) is 5.50. The van der Waals surface area contributed by atoms with E-state index < -0.39 is 5.51 Å². The molecule has 1 aromatic rings. The molecule has 1 aliphatic carbocycles. The van der Waals surface area contributed by atoms with Gasteiger partial charge in [0.15, 0.2) is 0 Å². The van der Waals surface area contributed by atoms with Crippen molar-refractivity contribution in [2.24, 2.45) is 5.92 Å². The van der Waals surface area contributed by atoms with Crippen LogP contribution in [0.4, 0.5) is 13.2 Å². The van der Waals surface area contributed by atoms with Gasteiger partial charge in [-0.25, -0.2) is 0 Å². The van der Waals surface area contributed by atoms with Gasteiger partial charge in [-0.3, -0.25) is 4.79 Å². The maximum Gasteiger partial charge on any atom is 0.446 e. The minimum atomic E-state index is -4.30. The van der Waals surface area contributed by atoms with E-state index in [1.54, 1.807) is 0 Å². The number of amides is 1. The van der Waals surface area contributed by atoms with E-state index >= 15 is 0 Å². The summed E-state index contributed by atoms with van der Waals surface area (Å²) in [5.74, 6) is 0.319. The van der Waals surface area contributed by atoms with Crippen LogP contribution >= 0.6 is 11.8 Å². The molecule has 1 aliphatic rings. The highest BCUT2D eigenvalue weighted by atomic mass is 32.2. The van der Waals surface area contributed by atoms with E-state index in [4.69, 9.17) is 0 Å². The maximum absolute atomic E-state index is 12.2. The van der Waals surface area contributed by atoms with E-state index in [0.717, 1.165) is 12.8 Å². The lowest BCUT2D eigenvalue weighted by Gasteiger charge is -2.11. The van der Waals surface area contributed by atoms with Gasteiger partial charge < -0.3 is 5.32 Å². The zero-order valence-electron chi connectivity index (χ0n) is 10.9. The molecule has 6 heteroatoms. The highest BCUT2D eigenvalue weighted by molar-refractivity contribution is 8.00. The van der Waals surface area contributed by atoms with Gasteiger partial charge in [-0.15, -0.1) is 0 Å². The fourth-order valence-electron chi connectivity index (χ4n) is 2.36. The monoisotopic (exact) mass is 303 g/mol. The molecular weight excluding hydrogens is 287 g/mol. The minimum Gasteiger partial charge on any atom is -0.352 e. The zero-order chi connectivity index (χ0) is 14.6. The van der Waals surface area contributed by atoms with Gasteiger partial charge in [0.1, 0.15) is 0 Å². The Morgan fingerprint density at radius 1 is 1.20 bits per heavy atom. The molecule has 0 heterocycles.